The molecule has 0 bridgehead atoms. The number of ether oxygens (including phenoxy) is 2. The van der Waals surface area contributed by atoms with Gasteiger partial charge in [-0.05, 0) is 12.5 Å². The molecule has 7 nitrogen and oxygen atoms in total. The summed E-state index contributed by atoms with van der Waals surface area (Å²) in [5.41, 5.74) is 6.59. The summed E-state index contributed by atoms with van der Waals surface area (Å²) < 4.78 is 12.0. The molecule has 1 aliphatic rings. The van der Waals surface area contributed by atoms with Crippen LogP contribution in [-0.2, 0) is 20.8 Å². The highest BCUT2D eigenvalue weighted by atomic mass is 16.5. The van der Waals surface area contributed by atoms with Crippen molar-refractivity contribution in [3.8, 4) is 0 Å². The van der Waals surface area contributed by atoms with Crippen LogP contribution in [0.25, 0.3) is 0 Å². The molecule has 1 fully saturated rings. The Balaban J connectivity index is 1.90. The van der Waals surface area contributed by atoms with Crippen LogP contribution in [0.3, 0.4) is 0 Å². The van der Waals surface area contributed by atoms with Crippen LogP contribution in [0.2, 0.25) is 0 Å². The molecule has 7 heteroatoms. The van der Waals surface area contributed by atoms with Gasteiger partial charge in [-0.2, -0.15) is 0 Å². The first-order valence-electron chi connectivity index (χ1n) is 7.10. The Morgan fingerprint density at radius 2 is 2.10 bits per heavy atom. The molecule has 0 atom stereocenters. The van der Waals surface area contributed by atoms with Crippen LogP contribution in [-0.4, -0.2) is 54.3 Å². The maximum atomic E-state index is 12.0. The van der Waals surface area contributed by atoms with Crippen molar-refractivity contribution in [2.24, 2.45) is 0 Å². The quantitative estimate of drug-likeness (QED) is 0.799. The van der Waals surface area contributed by atoms with Crippen LogP contribution in [0, 0.1) is 0 Å². The zero-order chi connectivity index (χ0) is 15.2. The lowest BCUT2D eigenvalue weighted by atomic mass is 10.4. The van der Waals surface area contributed by atoms with Crippen LogP contribution in [0.15, 0.2) is 12.3 Å². The van der Waals surface area contributed by atoms with Crippen molar-refractivity contribution < 1.29 is 19.1 Å². The Morgan fingerprint density at radius 3 is 2.76 bits per heavy atom. The van der Waals surface area contributed by atoms with Gasteiger partial charge in [-0.15, -0.1) is 0 Å². The fourth-order valence-electron chi connectivity index (χ4n) is 2.23. The molecule has 2 rings (SSSR count). The second-order valence-electron chi connectivity index (χ2n) is 4.92. The molecule has 0 radical (unpaired) electrons. The summed E-state index contributed by atoms with van der Waals surface area (Å²) in [6.45, 7) is 4.55. The number of aromatic nitrogens is 1. The maximum absolute atomic E-state index is 12.0. The number of nitrogen functional groups attached to an aromatic ring is 1. The Labute approximate surface area is 123 Å². The van der Waals surface area contributed by atoms with Crippen molar-refractivity contribution in [2.75, 3.05) is 38.6 Å². The van der Waals surface area contributed by atoms with Gasteiger partial charge in [0.1, 0.15) is 5.69 Å². The molecule has 2 N–H and O–H groups in total. The van der Waals surface area contributed by atoms with Crippen LogP contribution in [0.4, 0.5) is 5.69 Å². The fraction of sp³-hybridized carbons (Fsp3) is 0.571. The third kappa shape index (κ3) is 3.98. The standard InChI is InChI=1S/C14H21N3O4/c1-2-3-17-9-11(15)8-12(17)14(19)21-10-13(18)16-4-6-20-7-5-16/h8-9H,2-7,10,15H2,1H3. The fourth-order valence-corrected chi connectivity index (χ4v) is 2.23. The topological polar surface area (TPSA) is 86.8 Å². The highest BCUT2D eigenvalue weighted by molar-refractivity contribution is 5.91. The predicted octanol–water partition coefficient (Wildman–Crippen LogP) is 0.496. The molecule has 1 aromatic rings. The van der Waals surface area contributed by atoms with Gasteiger partial charge in [-0.25, -0.2) is 4.79 Å². The van der Waals surface area contributed by atoms with E-state index in [4.69, 9.17) is 15.2 Å². The van der Waals surface area contributed by atoms with Crippen LogP contribution in [0.5, 0.6) is 0 Å². The van der Waals surface area contributed by atoms with Gasteiger partial charge in [0.15, 0.2) is 6.61 Å². The van der Waals surface area contributed by atoms with Crippen molar-refractivity contribution in [1.29, 1.82) is 0 Å². The molecule has 1 aliphatic heterocycles. The second-order valence-corrected chi connectivity index (χ2v) is 4.92. The molecular formula is C14H21N3O4. The number of carbonyl (C=O) groups is 2. The number of hydrogen-bond acceptors (Lipinski definition) is 5. The summed E-state index contributed by atoms with van der Waals surface area (Å²) in [4.78, 5) is 25.6. The van der Waals surface area contributed by atoms with E-state index in [-0.39, 0.29) is 12.5 Å². The SMILES string of the molecule is CCCn1cc(N)cc1C(=O)OCC(=O)N1CCOCC1. The number of nitrogens with two attached hydrogens (primary N) is 1. The van der Waals surface area contributed by atoms with E-state index in [0.717, 1.165) is 6.42 Å². The first-order chi connectivity index (χ1) is 10.1. The van der Waals surface area contributed by atoms with Crippen molar-refractivity contribution in [2.45, 2.75) is 19.9 Å². The van der Waals surface area contributed by atoms with E-state index in [1.807, 2.05) is 6.92 Å². The molecule has 116 valence electrons. The first kappa shape index (κ1) is 15.4. The van der Waals surface area contributed by atoms with Gasteiger partial charge in [0.25, 0.3) is 5.91 Å². The van der Waals surface area contributed by atoms with Crippen molar-refractivity contribution >= 4 is 17.6 Å². The van der Waals surface area contributed by atoms with Gasteiger partial charge < -0.3 is 24.7 Å². The van der Waals surface area contributed by atoms with Gasteiger partial charge in [0, 0.05) is 25.8 Å². The van der Waals surface area contributed by atoms with E-state index in [1.54, 1.807) is 21.7 Å². The molecule has 0 spiro atoms. The average Bonchev–Trinajstić information content (AvgIpc) is 2.86. The van der Waals surface area contributed by atoms with Crippen molar-refractivity contribution in [1.82, 2.24) is 9.47 Å². The lowest BCUT2D eigenvalue weighted by molar-refractivity contribution is -0.138. The van der Waals surface area contributed by atoms with E-state index < -0.39 is 5.97 Å². The third-order valence-electron chi connectivity index (χ3n) is 3.28. The number of aryl methyl sites for hydroxylation is 1. The van der Waals surface area contributed by atoms with E-state index >= 15 is 0 Å². The maximum Gasteiger partial charge on any atom is 0.355 e. The van der Waals surface area contributed by atoms with Gasteiger partial charge in [0.2, 0.25) is 0 Å². The van der Waals surface area contributed by atoms with Crippen molar-refractivity contribution in [3.63, 3.8) is 0 Å². The molecule has 1 aromatic heterocycles. The Hall–Kier alpha value is -2.02. The van der Waals surface area contributed by atoms with Gasteiger partial charge in [-0.3, -0.25) is 4.79 Å². The highest BCUT2D eigenvalue weighted by Crippen LogP contribution is 2.13. The number of hydrogen-bond donors (Lipinski definition) is 1. The minimum atomic E-state index is -0.526. The summed E-state index contributed by atoms with van der Waals surface area (Å²) in [6.07, 6.45) is 2.57. The number of rotatable bonds is 5. The molecule has 0 unspecified atom stereocenters. The number of nitrogens with zero attached hydrogens (tertiary/aromatic N) is 2. The third-order valence-corrected chi connectivity index (χ3v) is 3.28. The monoisotopic (exact) mass is 295 g/mol. The number of esters is 1. The molecule has 0 aromatic carbocycles. The predicted molar refractivity (Wildman–Crippen MR) is 76.8 cm³/mol. The zero-order valence-electron chi connectivity index (χ0n) is 12.2. The summed E-state index contributed by atoms with van der Waals surface area (Å²) in [7, 11) is 0. The lowest BCUT2D eigenvalue weighted by Gasteiger charge is -2.26. The molecule has 1 amide bonds. The van der Waals surface area contributed by atoms with E-state index in [0.29, 0.717) is 44.2 Å². The second kappa shape index (κ2) is 7.12. The zero-order valence-corrected chi connectivity index (χ0v) is 12.2. The van der Waals surface area contributed by atoms with Crippen LogP contribution >= 0.6 is 0 Å². The molecular weight excluding hydrogens is 274 g/mol. The van der Waals surface area contributed by atoms with E-state index in [1.165, 1.54) is 0 Å². The van der Waals surface area contributed by atoms with Crippen LogP contribution < -0.4 is 5.73 Å². The Morgan fingerprint density at radius 1 is 1.38 bits per heavy atom. The summed E-state index contributed by atoms with van der Waals surface area (Å²) >= 11 is 0. The lowest BCUT2D eigenvalue weighted by Crippen LogP contribution is -2.42. The van der Waals surface area contributed by atoms with E-state index in [2.05, 4.69) is 0 Å². The molecule has 2 heterocycles. The Kier molecular flexibility index (Phi) is 5.21. The highest BCUT2D eigenvalue weighted by Gasteiger charge is 2.20. The molecule has 21 heavy (non-hydrogen) atoms. The number of carbonyl (C=O) groups excluding carboxylic acids is 2. The smallest absolute Gasteiger partial charge is 0.355 e. The molecule has 0 saturated carbocycles. The van der Waals surface area contributed by atoms with Gasteiger partial charge in [-0.1, -0.05) is 6.92 Å². The Bertz CT molecular complexity index is 506. The number of anilines is 1. The molecule has 1 saturated heterocycles. The van der Waals surface area contributed by atoms with Gasteiger partial charge in [0.05, 0.1) is 18.9 Å². The number of morpholine rings is 1. The van der Waals surface area contributed by atoms with Crippen molar-refractivity contribution in [3.05, 3.63) is 18.0 Å². The normalized spacial score (nSPS) is 15.0. The van der Waals surface area contributed by atoms with E-state index in [9.17, 15) is 9.59 Å². The van der Waals surface area contributed by atoms with Crippen LogP contribution in [0.1, 0.15) is 23.8 Å². The largest absolute Gasteiger partial charge is 0.451 e. The average molecular weight is 295 g/mol. The summed E-state index contributed by atoms with van der Waals surface area (Å²) in [5, 5.41) is 0. The minimum absolute atomic E-state index is 0.201. The van der Waals surface area contributed by atoms with Gasteiger partial charge >= 0.3 is 5.97 Å². The number of amides is 1. The minimum Gasteiger partial charge on any atom is -0.451 e. The molecule has 0 aliphatic carbocycles. The first-order valence-corrected chi connectivity index (χ1v) is 7.10. The summed E-state index contributed by atoms with van der Waals surface area (Å²) in [6, 6.07) is 1.57. The summed E-state index contributed by atoms with van der Waals surface area (Å²) in [5.74, 6) is -0.727.